The lowest BCUT2D eigenvalue weighted by molar-refractivity contribution is 0.544. The van der Waals surface area contributed by atoms with Crippen LogP contribution in [0.3, 0.4) is 0 Å². The van der Waals surface area contributed by atoms with E-state index in [9.17, 15) is 0 Å². The number of rotatable bonds is 5. The van der Waals surface area contributed by atoms with Gasteiger partial charge in [-0.2, -0.15) is 0 Å². The fraction of sp³-hybridized carbons (Fsp3) is 0.412. The summed E-state index contributed by atoms with van der Waals surface area (Å²) in [7, 11) is 2.11. The second-order valence-electron chi connectivity index (χ2n) is 5.53. The Hall–Kier alpha value is -1.25. The summed E-state index contributed by atoms with van der Waals surface area (Å²) in [5.41, 5.74) is 5.21. The molecule has 2 rings (SSSR count). The molecule has 108 valence electrons. The molecule has 0 bridgehead atoms. The van der Waals surface area contributed by atoms with Crippen LogP contribution in [0.2, 0.25) is 5.02 Å². The first-order valence-electron chi connectivity index (χ1n) is 7.07. The Morgan fingerprint density at radius 1 is 1.20 bits per heavy atom. The molecule has 0 saturated heterocycles. The van der Waals surface area contributed by atoms with Gasteiger partial charge in [-0.15, -0.1) is 0 Å². The molecule has 0 spiro atoms. The zero-order valence-corrected chi connectivity index (χ0v) is 13.5. The van der Waals surface area contributed by atoms with Crippen molar-refractivity contribution in [2.24, 2.45) is 7.05 Å². The van der Waals surface area contributed by atoms with Crippen molar-refractivity contribution >= 4 is 11.6 Å². The van der Waals surface area contributed by atoms with Crippen LogP contribution >= 0.6 is 11.6 Å². The fourth-order valence-electron chi connectivity index (χ4n) is 2.46. The second kappa shape index (κ2) is 6.47. The van der Waals surface area contributed by atoms with Crippen LogP contribution in [0, 0.1) is 13.8 Å². The minimum Gasteiger partial charge on any atom is -0.352 e. The quantitative estimate of drug-likeness (QED) is 0.880. The third-order valence-corrected chi connectivity index (χ3v) is 4.37. The van der Waals surface area contributed by atoms with E-state index in [1.807, 2.05) is 18.2 Å². The fourth-order valence-corrected chi connectivity index (χ4v) is 2.68. The maximum atomic E-state index is 6.20. The van der Waals surface area contributed by atoms with E-state index in [1.165, 1.54) is 22.5 Å². The van der Waals surface area contributed by atoms with Crippen LogP contribution in [0.25, 0.3) is 0 Å². The van der Waals surface area contributed by atoms with Gasteiger partial charge in [0.25, 0.3) is 0 Å². The summed E-state index contributed by atoms with van der Waals surface area (Å²) < 4.78 is 2.23. The second-order valence-corrected chi connectivity index (χ2v) is 5.94. The smallest absolute Gasteiger partial charge is 0.0438 e. The highest BCUT2D eigenvalue weighted by Gasteiger charge is 2.09. The first kappa shape index (κ1) is 15.1. The zero-order valence-electron chi connectivity index (χ0n) is 12.7. The molecular weight excluding hydrogens is 268 g/mol. The lowest BCUT2D eigenvalue weighted by Gasteiger charge is -2.15. The first-order valence-corrected chi connectivity index (χ1v) is 7.45. The van der Waals surface area contributed by atoms with Gasteiger partial charge in [-0.25, -0.2) is 0 Å². The average Bonchev–Trinajstić information content (AvgIpc) is 2.66. The van der Waals surface area contributed by atoms with Gasteiger partial charge in [-0.3, -0.25) is 0 Å². The highest BCUT2D eigenvalue weighted by molar-refractivity contribution is 6.31. The SMILES string of the molecule is Cc1cc(CNC(C)Cc2ccccc2Cl)c(C)n1C. The maximum absolute atomic E-state index is 6.20. The molecule has 0 saturated carbocycles. The normalized spacial score (nSPS) is 12.7. The van der Waals surface area contributed by atoms with Crippen LogP contribution in [0.1, 0.15) is 29.4 Å². The van der Waals surface area contributed by atoms with Crippen LogP contribution in [-0.2, 0) is 20.0 Å². The number of hydrogen-bond donors (Lipinski definition) is 1. The standard InChI is InChI=1S/C17H23ClN2/c1-12(9-15-7-5-6-8-17(15)18)19-11-16-10-13(2)20(4)14(16)3/h5-8,10,12,19H,9,11H2,1-4H3. The van der Waals surface area contributed by atoms with Crippen LogP contribution < -0.4 is 5.32 Å². The molecule has 1 N–H and O–H groups in total. The van der Waals surface area contributed by atoms with Crippen molar-refractivity contribution in [3.8, 4) is 0 Å². The lowest BCUT2D eigenvalue weighted by Crippen LogP contribution is -2.27. The Bertz CT molecular complexity index is 587. The molecule has 0 radical (unpaired) electrons. The molecule has 0 aliphatic rings. The van der Waals surface area contributed by atoms with Gasteiger partial charge in [0, 0.05) is 36.0 Å². The van der Waals surface area contributed by atoms with Crippen LogP contribution in [0.5, 0.6) is 0 Å². The number of aromatic nitrogens is 1. The van der Waals surface area contributed by atoms with Crippen molar-refractivity contribution < 1.29 is 0 Å². The molecule has 1 unspecified atom stereocenters. The number of benzene rings is 1. The molecule has 0 aliphatic carbocycles. The van der Waals surface area contributed by atoms with E-state index < -0.39 is 0 Å². The lowest BCUT2D eigenvalue weighted by atomic mass is 10.1. The zero-order chi connectivity index (χ0) is 14.7. The van der Waals surface area contributed by atoms with Gasteiger partial charge in [-0.05, 0) is 50.5 Å². The van der Waals surface area contributed by atoms with Crippen molar-refractivity contribution in [3.05, 3.63) is 57.9 Å². The molecule has 2 nitrogen and oxygen atoms in total. The van der Waals surface area contributed by atoms with Crippen molar-refractivity contribution in [2.75, 3.05) is 0 Å². The topological polar surface area (TPSA) is 17.0 Å². The summed E-state index contributed by atoms with van der Waals surface area (Å²) in [5, 5.41) is 4.44. The maximum Gasteiger partial charge on any atom is 0.0438 e. The van der Waals surface area contributed by atoms with Gasteiger partial charge in [0.1, 0.15) is 0 Å². The van der Waals surface area contributed by atoms with Gasteiger partial charge in [0.2, 0.25) is 0 Å². The third kappa shape index (κ3) is 3.44. The first-order chi connectivity index (χ1) is 9.49. The Morgan fingerprint density at radius 3 is 2.50 bits per heavy atom. The largest absolute Gasteiger partial charge is 0.352 e. The van der Waals surface area contributed by atoms with Crippen LogP contribution in [-0.4, -0.2) is 10.6 Å². The van der Waals surface area contributed by atoms with E-state index in [0.29, 0.717) is 6.04 Å². The minimum absolute atomic E-state index is 0.398. The van der Waals surface area contributed by atoms with Crippen LogP contribution in [0.4, 0.5) is 0 Å². The van der Waals surface area contributed by atoms with E-state index in [-0.39, 0.29) is 0 Å². The molecule has 0 fully saturated rings. The summed E-state index contributed by atoms with van der Waals surface area (Å²) in [6.07, 6.45) is 0.949. The highest BCUT2D eigenvalue weighted by Crippen LogP contribution is 2.17. The van der Waals surface area contributed by atoms with E-state index in [2.05, 4.69) is 49.8 Å². The number of nitrogens with one attached hydrogen (secondary N) is 1. The Morgan fingerprint density at radius 2 is 1.90 bits per heavy atom. The van der Waals surface area contributed by atoms with E-state index in [1.54, 1.807) is 0 Å². The molecule has 1 aromatic carbocycles. The molecule has 0 amide bonds. The monoisotopic (exact) mass is 290 g/mol. The summed E-state index contributed by atoms with van der Waals surface area (Å²) in [4.78, 5) is 0. The molecule has 20 heavy (non-hydrogen) atoms. The number of nitrogens with zero attached hydrogens (tertiary/aromatic N) is 1. The molecule has 1 atom stereocenters. The average molecular weight is 291 g/mol. The number of hydrogen-bond acceptors (Lipinski definition) is 1. The summed E-state index contributed by atoms with van der Waals surface area (Å²) in [6, 6.07) is 10.7. The molecule has 3 heteroatoms. The predicted octanol–water partition coefficient (Wildman–Crippen LogP) is 4.02. The van der Waals surface area contributed by atoms with E-state index >= 15 is 0 Å². The Balaban J connectivity index is 1.94. The van der Waals surface area contributed by atoms with Crippen molar-refractivity contribution in [1.82, 2.24) is 9.88 Å². The summed E-state index contributed by atoms with van der Waals surface area (Å²) in [6.45, 7) is 7.42. The minimum atomic E-state index is 0.398. The van der Waals surface area contributed by atoms with Gasteiger partial charge in [0.15, 0.2) is 0 Å². The van der Waals surface area contributed by atoms with Crippen molar-refractivity contribution in [2.45, 2.75) is 39.8 Å². The summed E-state index contributed by atoms with van der Waals surface area (Å²) >= 11 is 6.20. The van der Waals surface area contributed by atoms with Gasteiger partial charge < -0.3 is 9.88 Å². The molecule has 0 aliphatic heterocycles. The number of aryl methyl sites for hydroxylation is 1. The van der Waals surface area contributed by atoms with Crippen molar-refractivity contribution in [1.29, 1.82) is 0 Å². The van der Waals surface area contributed by atoms with Crippen LogP contribution in [0.15, 0.2) is 30.3 Å². The third-order valence-electron chi connectivity index (χ3n) is 4.00. The highest BCUT2D eigenvalue weighted by atomic mass is 35.5. The molecular formula is C17H23ClN2. The van der Waals surface area contributed by atoms with Gasteiger partial charge in [-0.1, -0.05) is 29.8 Å². The number of halogens is 1. The van der Waals surface area contributed by atoms with E-state index in [0.717, 1.165) is 18.0 Å². The molecule has 1 aromatic heterocycles. The Labute approximate surface area is 126 Å². The molecule has 2 aromatic rings. The summed E-state index contributed by atoms with van der Waals surface area (Å²) in [5.74, 6) is 0. The van der Waals surface area contributed by atoms with Gasteiger partial charge >= 0.3 is 0 Å². The Kier molecular flexibility index (Phi) is 4.90. The van der Waals surface area contributed by atoms with Crippen molar-refractivity contribution in [3.63, 3.8) is 0 Å². The predicted molar refractivity (Wildman–Crippen MR) is 86.3 cm³/mol. The molecule has 1 heterocycles. The van der Waals surface area contributed by atoms with Gasteiger partial charge in [0.05, 0.1) is 0 Å². The van der Waals surface area contributed by atoms with E-state index in [4.69, 9.17) is 11.6 Å².